The Kier molecular flexibility index (Phi) is 5.23. The highest BCUT2D eigenvalue weighted by Crippen LogP contribution is 2.26. The maximum atomic E-state index is 13.1. The zero-order valence-corrected chi connectivity index (χ0v) is 15.5. The van der Waals surface area contributed by atoms with Crippen LogP contribution in [0.5, 0.6) is 0 Å². The van der Waals surface area contributed by atoms with Gasteiger partial charge < -0.3 is 9.47 Å². The fourth-order valence-electron chi connectivity index (χ4n) is 3.45. The highest BCUT2D eigenvalue weighted by Gasteiger charge is 2.34. The lowest BCUT2D eigenvalue weighted by molar-refractivity contribution is -0.136. The smallest absolute Gasteiger partial charge is 0.232 e. The van der Waals surface area contributed by atoms with Crippen LogP contribution in [0.2, 0.25) is 0 Å². The number of nitrogens with zero attached hydrogens (tertiary/aromatic N) is 4. The summed E-state index contributed by atoms with van der Waals surface area (Å²) in [5.41, 5.74) is 0.588. The van der Waals surface area contributed by atoms with Crippen LogP contribution in [-0.4, -0.2) is 51.4 Å². The van der Waals surface area contributed by atoms with Gasteiger partial charge in [-0.3, -0.25) is 9.69 Å². The standard InChI is InChI=1S/C20H28N4O/c1-20(2,17-8-5-4-6-9-17)19(25)24-12-7-11-23(14-15-24)16-18-21-10-13-22(18)3/h4-6,8-10,13H,7,11-12,14-16H2,1-3H3. The van der Waals surface area contributed by atoms with Gasteiger partial charge in [-0.1, -0.05) is 30.3 Å². The molecule has 25 heavy (non-hydrogen) atoms. The summed E-state index contributed by atoms with van der Waals surface area (Å²) in [6.45, 7) is 8.40. The molecule has 134 valence electrons. The lowest BCUT2D eigenvalue weighted by Crippen LogP contribution is -2.45. The second-order valence-corrected chi connectivity index (χ2v) is 7.37. The molecule has 5 nitrogen and oxygen atoms in total. The van der Waals surface area contributed by atoms with Crippen LogP contribution in [-0.2, 0) is 23.8 Å². The third-order valence-electron chi connectivity index (χ3n) is 5.19. The van der Waals surface area contributed by atoms with Crippen LogP contribution in [0.1, 0.15) is 31.7 Å². The van der Waals surface area contributed by atoms with E-state index in [2.05, 4.69) is 14.5 Å². The van der Waals surface area contributed by atoms with Crippen molar-refractivity contribution in [2.75, 3.05) is 26.2 Å². The molecule has 1 aliphatic rings. The van der Waals surface area contributed by atoms with Gasteiger partial charge in [0.1, 0.15) is 5.82 Å². The van der Waals surface area contributed by atoms with Crippen molar-refractivity contribution in [2.24, 2.45) is 7.05 Å². The molecule has 1 amide bonds. The highest BCUT2D eigenvalue weighted by atomic mass is 16.2. The topological polar surface area (TPSA) is 41.4 Å². The van der Waals surface area contributed by atoms with Crippen LogP contribution >= 0.6 is 0 Å². The lowest BCUT2D eigenvalue weighted by atomic mass is 9.83. The molecule has 3 rings (SSSR count). The van der Waals surface area contributed by atoms with E-state index in [1.165, 1.54) is 0 Å². The van der Waals surface area contributed by atoms with E-state index in [1.54, 1.807) is 0 Å². The second kappa shape index (κ2) is 7.40. The van der Waals surface area contributed by atoms with Crippen molar-refractivity contribution in [1.82, 2.24) is 19.4 Å². The summed E-state index contributed by atoms with van der Waals surface area (Å²) in [5.74, 6) is 1.29. The molecule has 1 aromatic heterocycles. The first kappa shape index (κ1) is 17.7. The number of carbonyl (C=O) groups excluding carboxylic acids is 1. The van der Waals surface area contributed by atoms with Gasteiger partial charge in [0, 0.05) is 45.6 Å². The van der Waals surface area contributed by atoms with Gasteiger partial charge in [-0.05, 0) is 25.8 Å². The van der Waals surface area contributed by atoms with Crippen LogP contribution in [0.3, 0.4) is 0 Å². The van der Waals surface area contributed by atoms with E-state index in [4.69, 9.17) is 0 Å². The third kappa shape index (κ3) is 3.93. The molecular formula is C20H28N4O. The second-order valence-electron chi connectivity index (χ2n) is 7.37. The van der Waals surface area contributed by atoms with E-state index in [-0.39, 0.29) is 5.91 Å². The third-order valence-corrected chi connectivity index (χ3v) is 5.19. The van der Waals surface area contributed by atoms with Gasteiger partial charge in [0.05, 0.1) is 12.0 Å². The van der Waals surface area contributed by atoms with E-state index in [1.807, 2.05) is 68.5 Å². The van der Waals surface area contributed by atoms with Gasteiger partial charge in [-0.15, -0.1) is 0 Å². The summed E-state index contributed by atoms with van der Waals surface area (Å²) in [7, 11) is 2.03. The zero-order chi connectivity index (χ0) is 17.9. The van der Waals surface area contributed by atoms with Crippen molar-refractivity contribution in [3.8, 4) is 0 Å². The summed E-state index contributed by atoms with van der Waals surface area (Å²) >= 11 is 0. The molecule has 2 heterocycles. The van der Waals surface area contributed by atoms with E-state index < -0.39 is 5.41 Å². The van der Waals surface area contributed by atoms with Crippen molar-refractivity contribution >= 4 is 5.91 Å². The Hall–Kier alpha value is -2.14. The van der Waals surface area contributed by atoms with E-state index in [9.17, 15) is 4.79 Å². The van der Waals surface area contributed by atoms with E-state index >= 15 is 0 Å². The van der Waals surface area contributed by atoms with E-state index in [0.29, 0.717) is 0 Å². The van der Waals surface area contributed by atoms with Crippen molar-refractivity contribution in [3.05, 3.63) is 54.1 Å². The minimum Gasteiger partial charge on any atom is -0.341 e. The number of imidazole rings is 1. The normalized spacial score (nSPS) is 16.7. The number of hydrogen-bond acceptors (Lipinski definition) is 3. The van der Waals surface area contributed by atoms with Gasteiger partial charge >= 0.3 is 0 Å². The van der Waals surface area contributed by atoms with Crippen LogP contribution in [0.25, 0.3) is 0 Å². The molecule has 0 radical (unpaired) electrons. The quantitative estimate of drug-likeness (QED) is 0.858. The molecule has 1 saturated heterocycles. The van der Waals surface area contributed by atoms with Crippen LogP contribution < -0.4 is 0 Å². The van der Waals surface area contributed by atoms with Gasteiger partial charge in [-0.2, -0.15) is 0 Å². The molecule has 1 fully saturated rings. The van der Waals surface area contributed by atoms with Gasteiger partial charge in [-0.25, -0.2) is 4.98 Å². The Bertz CT molecular complexity index is 707. The van der Waals surface area contributed by atoms with E-state index in [0.717, 1.165) is 50.5 Å². The molecule has 0 N–H and O–H groups in total. The fourth-order valence-corrected chi connectivity index (χ4v) is 3.45. The minimum atomic E-state index is -0.490. The largest absolute Gasteiger partial charge is 0.341 e. The molecule has 1 aromatic carbocycles. The number of rotatable bonds is 4. The molecular weight excluding hydrogens is 312 g/mol. The molecule has 0 unspecified atom stereocenters. The summed E-state index contributed by atoms with van der Waals surface area (Å²) < 4.78 is 2.06. The molecule has 0 bridgehead atoms. The number of amides is 1. The van der Waals surface area contributed by atoms with Gasteiger partial charge in [0.2, 0.25) is 5.91 Å². The maximum Gasteiger partial charge on any atom is 0.232 e. The van der Waals surface area contributed by atoms with Crippen molar-refractivity contribution in [3.63, 3.8) is 0 Å². The SMILES string of the molecule is Cn1ccnc1CN1CCCN(C(=O)C(C)(C)c2ccccc2)CC1. The van der Waals surface area contributed by atoms with Crippen LogP contribution in [0, 0.1) is 0 Å². The summed E-state index contributed by atoms with van der Waals surface area (Å²) in [6, 6.07) is 10.1. The minimum absolute atomic E-state index is 0.220. The van der Waals surface area contributed by atoms with Crippen molar-refractivity contribution < 1.29 is 4.79 Å². The summed E-state index contributed by atoms with van der Waals surface area (Å²) in [5, 5.41) is 0. The number of aromatic nitrogens is 2. The molecule has 5 heteroatoms. The molecule has 0 atom stereocenters. The maximum absolute atomic E-state index is 13.1. The summed E-state index contributed by atoms with van der Waals surface area (Å²) in [6.07, 6.45) is 4.82. The first-order valence-electron chi connectivity index (χ1n) is 9.02. The van der Waals surface area contributed by atoms with Crippen molar-refractivity contribution in [2.45, 2.75) is 32.2 Å². The Morgan fingerprint density at radius 1 is 1.12 bits per heavy atom. The first-order valence-corrected chi connectivity index (χ1v) is 9.02. The molecule has 0 aliphatic carbocycles. The molecule has 0 saturated carbocycles. The predicted octanol–water partition coefficient (Wildman–Crippen LogP) is 2.43. The fraction of sp³-hybridized carbons (Fsp3) is 0.500. The Morgan fingerprint density at radius 2 is 1.88 bits per heavy atom. The van der Waals surface area contributed by atoms with Gasteiger partial charge in [0.15, 0.2) is 0 Å². The average Bonchev–Trinajstić information content (AvgIpc) is 2.88. The molecule has 1 aliphatic heterocycles. The van der Waals surface area contributed by atoms with Gasteiger partial charge in [0.25, 0.3) is 0 Å². The first-order chi connectivity index (χ1) is 12.0. The van der Waals surface area contributed by atoms with Crippen molar-refractivity contribution in [1.29, 1.82) is 0 Å². The van der Waals surface area contributed by atoms with Crippen LogP contribution in [0.15, 0.2) is 42.7 Å². The lowest BCUT2D eigenvalue weighted by Gasteiger charge is -2.31. The summed E-state index contributed by atoms with van der Waals surface area (Å²) in [4.78, 5) is 22.0. The Labute approximate surface area is 150 Å². The Morgan fingerprint density at radius 3 is 2.56 bits per heavy atom. The number of aryl methyl sites for hydroxylation is 1. The molecule has 2 aromatic rings. The number of carbonyl (C=O) groups is 1. The molecule has 0 spiro atoms. The zero-order valence-electron chi connectivity index (χ0n) is 15.5. The number of hydrogen-bond donors (Lipinski definition) is 0. The predicted molar refractivity (Wildman–Crippen MR) is 99.2 cm³/mol. The number of benzene rings is 1. The highest BCUT2D eigenvalue weighted by molar-refractivity contribution is 5.87. The average molecular weight is 340 g/mol. The Balaban J connectivity index is 1.64. The van der Waals surface area contributed by atoms with Crippen LogP contribution in [0.4, 0.5) is 0 Å². The monoisotopic (exact) mass is 340 g/mol.